The van der Waals surface area contributed by atoms with Crippen LogP contribution < -0.4 is 22.1 Å². The third-order valence-corrected chi connectivity index (χ3v) is 1.42. The van der Waals surface area contributed by atoms with Gasteiger partial charge in [0.15, 0.2) is 16.8 Å². The fourth-order valence-electron chi connectivity index (χ4n) is 0.928. The Kier molecular flexibility index (Phi) is 1.34. The zero-order valence-electron chi connectivity index (χ0n) is 6.24. The summed E-state index contributed by atoms with van der Waals surface area (Å²) >= 11 is 0. The molecule has 3 N–H and O–H groups in total. The van der Waals surface area contributed by atoms with E-state index in [9.17, 15) is 9.59 Å². The van der Waals surface area contributed by atoms with Gasteiger partial charge in [-0.15, -0.1) is 0 Å². The topological polar surface area (TPSA) is 114 Å². The third-order valence-electron chi connectivity index (χ3n) is 1.42. The van der Waals surface area contributed by atoms with Crippen LogP contribution in [0.15, 0.2) is 20.6 Å². The van der Waals surface area contributed by atoms with Gasteiger partial charge < -0.3 is 5.73 Å². The summed E-state index contributed by atoms with van der Waals surface area (Å²) in [4.78, 5) is 34.4. The number of nitrogens with one attached hydrogen (secondary N) is 1. The molecule has 0 spiro atoms. The van der Waals surface area contributed by atoms with Crippen LogP contribution in [0.4, 0.5) is 5.95 Å². The quantitative estimate of drug-likeness (QED) is 0.419. The average molecular weight is 177 g/mol. The van der Waals surface area contributed by atoms with Crippen molar-refractivity contribution in [3.05, 3.63) is 27.0 Å². The molecule has 1 aromatic rings. The lowest BCUT2D eigenvalue weighted by atomic mass is 10.6. The van der Waals surface area contributed by atoms with Gasteiger partial charge in [-0.1, -0.05) is 0 Å². The zero-order chi connectivity index (χ0) is 9.42. The van der Waals surface area contributed by atoms with E-state index in [1.807, 2.05) is 0 Å². The number of carbonyl (C=O) groups excluding carboxylic acids is 1. The number of aromatic amines is 1. The van der Waals surface area contributed by atoms with Crippen LogP contribution in [-0.4, -0.2) is 15.9 Å². The first-order chi connectivity index (χ1) is 6.20. The number of hydrogen-bond acceptors (Lipinski definition) is 6. The molecular formula is C6H3N5O2. The predicted octanol–water partition coefficient (Wildman–Crippen LogP) is -2.72. The number of hydrogen-bond donors (Lipinski definition) is 2. The fourth-order valence-corrected chi connectivity index (χ4v) is 0.928. The lowest BCUT2D eigenvalue weighted by Crippen LogP contribution is -2.41. The molecule has 0 saturated carbocycles. The summed E-state index contributed by atoms with van der Waals surface area (Å²) in [7, 11) is 0. The van der Waals surface area contributed by atoms with E-state index in [0.717, 1.165) is 0 Å². The number of nitrogen functional groups attached to an aromatic ring is 1. The number of anilines is 1. The van der Waals surface area contributed by atoms with Gasteiger partial charge in [-0.2, -0.15) is 9.98 Å². The van der Waals surface area contributed by atoms with Crippen molar-refractivity contribution in [2.75, 3.05) is 5.73 Å². The Balaban J connectivity index is 3.02. The molecule has 2 rings (SSSR count). The Morgan fingerprint density at radius 1 is 1.38 bits per heavy atom. The van der Waals surface area contributed by atoms with E-state index < -0.39 is 5.56 Å². The molecule has 0 bridgehead atoms. The van der Waals surface area contributed by atoms with Gasteiger partial charge in [-0.3, -0.25) is 9.78 Å². The lowest BCUT2D eigenvalue weighted by molar-refractivity contribution is 0.566. The van der Waals surface area contributed by atoms with Crippen molar-refractivity contribution in [1.82, 2.24) is 9.97 Å². The van der Waals surface area contributed by atoms with E-state index in [2.05, 4.69) is 20.0 Å². The molecule has 0 saturated heterocycles. The second-order valence-corrected chi connectivity index (χ2v) is 2.27. The van der Waals surface area contributed by atoms with Crippen molar-refractivity contribution in [2.45, 2.75) is 0 Å². The van der Waals surface area contributed by atoms with E-state index in [1.165, 1.54) is 5.94 Å². The van der Waals surface area contributed by atoms with Crippen molar-refractivity contribution in [2.24, 2.45) is 9.98 Å². The van der Waals surface area contributed by atoms with Crippen LogP contribution in [0.25, 0.3) is 0 Å². The van der Waals surface area contributed by atoms with E-state index in [-0.39, 0.29) is 22.6 Å². The molecule has 7 nitrogen and oxygen atoms in total. The Morgan fingerprint density at radius 3 is 2.85 bits per heavy atom. The maximum atomic E-state index is 11.1. The predicted molar refractivity (Wildman–Crippen MR) is 40.8 cm³/mol. The lowest BCUT2D eigenvalue weighted by Gasteiger charge is -1.86. The third kappa shape index (κ3) is 1.03. The summed E-state index contributed by atoms with van der Waals surface area (Å²) in [6.07, 6.45) is 0. The van der Waals surface area contributed by atoms with Crippen LogP contribution in [-0.2, 0) is 4.79 Å². The molecule has 1 aliphatic rings. The Hall–Kier alpha value is -2.27. The van der Waals surface area contributed by atoms with E-state index in [4.69, 9.17) is 5.73 Å². The SMILES string of the molecule is Nc1nc2c(c(=O)[nH]1)=NC(=C=O)N=2. The van der Waals surface area contributed by atoms with Crippen molar-refractivity contribution in [3.8, 4) is 0 Å². The normalized spacial score (nSPS) is 12.8. The number of rotatable bonds is 0. The van der Waals surface area contributed by atoms with Crippen LogP contribution in [0.5, 0.6) is 0 Å². The van der Waals surface area contributed by atoms with E-state index in [0.29, 0.717) is 0 Å². The second kappa shape index (κ2) is 2.36. The van der Waals surface area contributed by atoms with Crippen molar-refractivity contribution in [1.29, 1.82) is 0 Å². The number of nitrogens with zero attached hydrogens (tertiary/aromatic N) is 3. The first-order valence-corrected chi connectivity index (χ1v) is 3.29. The minimum absolute atomic E-state index is 0.00690. The van der Waals surface area contributed by atoms with Crippen LogP contribution in [0, 0.1) is 0 Å². The molecule has 2 heterocycles. The first-order valence-electron chi connectivity index (χ1n) is 3.29. The minimum atomic E-state index is -0.517. The summed E-state index contributed by atoms with van der Waals surface area (Å²) in [5, 5.41) is -0.00690. The largest absolute Gasteiger partial charge is 0.369 e. The van der Waals surface area contributed by atoms with Gasteiger partial charge in [-0.25, -0.2) is 9.79 Å². The summed E-state index contributed by atoms with van der Waals surface area (Å²) < 4.78 is 0. The summed E-state index contributed by atoms with van der Waals surface area (Å²) in [6.45, 7) is 0. The van der Waals surface area contributed by atoms with Crippen molar-refractivity contribution >= 4 is 11.9 Å². The number of aromatic nitrogens is 2. The van der Waals surface area contributed by atoms with Gasteiger partial charge in [0.05, 0.1) is 0 Å². The fraction of sp³-hybridized carbons (Fsp3) is 0. The van der Waals surface area contributed by atoms with Gasteiger partial charge in [0.2, 0.25) is 11.8 Å². The molecule has 0 atom stereocenters. The van der Waals surface area contributed by atoms with Gasteiger partial charge in [0, 0.05) is 0 Å². The monoisotopic (exact) mass is 177 g/mol. The molecule has 0 fully saturated rings. The van der Waals surface area contributed by atoms with Gasteiger partial charge in [0.25, 0.3) is 5.56 Å². The standard InChI is InChI=1S/C6H3N5O2/c7-6-10-4-3(5(13)11-6)8-2(1-12)9-4/h(H3,7,9,10,11,13). The molecule has 0 amide bonds. The van der Waals surface area contributed by atoms with Crippen LogP contribution in [0.3, 0.4) is 0 Å². The summed E-state index contributed by atoms with van der Waals surface area (Å²) in [5.41, 5.74) is 4.78. The van der Waals surface area contributed by atoms with Crippen LogP contribution >= 0.6 is 0 Å². The molecule has 0 aliphatic carbocycles. The maximum Gasteiger partial charge on any atom is 0.280 e. The maximum absolute atomic E-state index is 11.1. The molecule has 7 heteroatoms. The van der Waals surface area contributed by atoms with Crippen molar-refractivity contribution in [3.63, 3.8) is 0 Å². The Bertz CT molecular complexity index is 592. The average Bonchev–Trinajstić information content (AvgIpc) is 2.47. The molecular weight excluding hydrogens is 174 g/mol. The molecule has 0 radical (unpaired) electrons. The molecule has 13 heavy (non-hydrogen) atoms. The Morgan fingerprint density at radius 2 is 2.15 bits per heavy atom. The minimum Gasteiger partial charge on any atom is -0.369 e. The van der Waals surface area contributed by atoms with Gasteiger partial charge >= 0.3 is 0 Å². The van der Waals surface area contributed by atoms with Gasteiger partial charge in [-0.05, 0) is 0 Å². The molecule has 64 valence electrons. The zero-order valence-corrected chi connectivity index (χ0v) is 6.24. The highest BCUT2D eigenvalue weighted by Crippen LogP contribution is 1.90. The summed E-state index contributed by atoms with van der Waals surface area (Å²) in [5.74, 6) is 1.20. The first kappa shape index (κ1) is 7.38. The molecule has 1 aliphatic heterocycles. The number of fused-ring (bicyclic) bond motifs is 1. The highest BCUT2D eigenvalue weighted by Gasteiger charge is 2.07. The van der Waals surface area contributed by atoms with Crippen LogP contribution in [0.2, 0.25) is 0 Å². The molecule has 1 aromatic heterocycles. The number of nitrogens with two attached hydrogens (primary N) is 1. The smallest absolute Gasteiger partial charge is 0.280 e. The van der Waals surface area contributed by atoms with E-state index >= 15 is 0 Å². The van der Waals surface area contributed by atoms with Crippen LogP contribution in [0.1, 0.15) is 0 Å². The molecule has 0 aromatic carbocycles. The Labute approximate surface area is 70.4 Å². The highest BCUT2D eigenvalue weighted by atomic mass is 16.1. The van der Waals surface area contributed by atoms with E-state index in [1.54, 1.807) is 0 Å². The summed E-state index contributed by atoms with van der Waals surface area (Å²) in [6, 6.07) is 0. The molecule has 0 unspecified atom stereocenters. The van der Waals surface area contributed by atoms with Gasteiger partial charge in [0.1, 0.15) is 0 Å². The number of H-pyrrole nitrogens is 1. The highest BCUT2D eigenvalue weighted by molar-refractivity contribution is 5.51. The van der Waals surface area contributed by atoms with Crippen molar-refractivity contribution < 1.29 is 4.79 Å². The second-order valence-electron chi connectivity index (χ2n) is 2.27.